The molecular weight excluding hydrogens is 232 g/mol. The lowest BCUT2D eigenvalue weighted by atomic mass is 10.0. The molecule has 1 N–H and O–H groups in total. The maximum Gasteiger partial charge on any atom is 0.208 e. The van der Waals surface area contributed by atoms with Gasteiger partial charge in [-0.15, -0.1) is 10.2 Å². The first-order valence-corrected chi connectivity index (χ1v) is 7.22. The molecule has 0 radical (unpaired) electrons. The topological polar surface area (TPSA) is 41.0 Å². The maximum absolute atomic E-state index is 4.20. The van der Waals surface area contributed by atoms with E-state index in [0.29, 0.717) is 6.04 Å². The van der Waals surface area contributed by atoms with Crippen LogP contribution in [0.2, 0.25) is 0 Å². The minimum Gasteiger partial charge on any atom is -0.342 e. The van der Waals surface area contributed by atoms with Crippen molar-refractivity contribution in [3.8, 4) is 0 Å². The van der Waals surface area contributed by atoms with Gasteiger partial charge in [0.2, 0.25) is 5.13 Å². The molecule has 1 aromatic rings. The third-order valence-corrected chi connectivity index (χ3v) is 3.82. The molecule has 96 valence electrons. The zero-order chi connectivity index (χ0) is 12.3. The van der Waals surface area contributed by atoms with Crippen molar-refractivity contribution >= 4 is 16.5 Å². The fourth-order valence-electron chi connectivity index (χ4n) is 2.18. The summed E-state index contributed by atoms with van der Waals surface area (Å²) in [5, 5.41) is 12.8. The summed E-state index contributed by atoms with van der Waals surface area (Å²) in [5.74, 6) is 0. The molecule has 1 aromatic heterocycles. The molecule has 2 rings (SSSR count). The molecule has 0 bridgehead atoms. The van der Waals surface area contributed by atoms with Crippen LogP contribution >= 0.6 is 11.3 Å². The van der Waals surface area contributed by atoms with Gasteiger partial charge in [0.05, 0.1) is 0 Å². The molecule has 2 heterocycles. The van der Waals surface area contributed by atoms with Crippen LogP contribution in [0.15, 0.2) is 5.51 Å². The largest absolute Gasteiger partial charge is 0.342 e. The second kappa shape index (κ2) is 5.31. The minimum absolute atomic E-state index is 0.185. The first-order chi connectivity index (χ1) is 8.06. The van der Waals surface area contributed by atoms with Crippen LogP contribution in [0.5, 0.6) is 0 Å². The molecule has 17 heavy (non-hydrogen) atoms. The summed E-state index contributed by atoms with van der Waals surface area (Å²) in [6.07, 6.45) is 3.85. The van der Waals surface area contributed by atoms with Crippen molar-refractivity contribution in [1.82, 2.24) is 15.5 Å². The quantitative estimate of drug-likeness (QED) is 0.898. The minimum atomic E-state index is 0.185. The summed E-state index contributed by atoms with van der Waals surface area (Å²) in [5.41, 5.74) is 2.00. The van der Waals surface area contributed by atoms with Gasteiger partial charge in [-0.1, -0.05) is 11.3 Å². The second-order valence-corrected chi connectivity index (χ2v) is 6.51. The van der Waals surface area contributed by atoms with Crippen molar-refractivity contribution in [2.24, 2.45) is 0 Å². The molecule has 1 aliphatic heterocycles. The van der Waals surface area contributed by atoms with E-state index < -0.39 is 0 Å². The third kappa shape index (κ3) is 3.64. The summed E-state index contributed by atoms with van der Waals surface area (Å²) in [4.78, 5) is 2.42. The van der Waals surface area contributed by atoms with E-state index in [1.807, 2.05) is 5.51 Å². The fraction of sp³-hybridized carbons (Fsp3) is 0.833. The van der Waals surface area contributed by atoms with E-state index >= 15 is 0 Å². The third-order valence-electron chi connectivity index (χ3n) is 3.09. The average molecular weight is 254 g/mol. The smallest absolute Gasteiger partial charge is 0.208 e. The molecule has 0 saturated carbocycles. The number of nitrogens with zero attached hydrogens (tertiary/aromatic N) is 3. The van der Waals surface area contributed by atoms with E-state index in [1.54, 1.807) is 11.3 Å². The molecule has 1 saturated heterocycles. The molecule has 1 aliphatic rings. The van der Waals surface area contributed by atoms with E-state index in [9.17, 15) is 0 Å². The maximum atomic E-state index is 4.20. The second-order valence-electron chi connectivity index (χ2n) is 5.70. The van der Waals surface area contributed by atoms with Gasteiger partial charge >= 0.3 is 0 Å². The van der Waals surface area contributed by atoms with Crippen LogP contribution in [0, 0.1) is 0 Å². The Hall–Kier alpha value is -0.680. The number of anilines is 1. The van der Waals surface area contributed by atoms with E-state index in [0.717, 1.165) is 18.2 Å². The Morgan fingerprint density at radius 1 is 1.47 bits per heavy atom. The van der Waals surface area contributed by atoms with E-state index in [2.05, 4.69) is 41.2 Å². The fourth-order valence-corrected chi connectivity index (χ4v) is 2.84. The lowest BCUT2D eigenvalue weighted by Crippen LogP contribution is -2.49. The number of aromatic nitrogens is 2. The number of rotatable bonds is 3. The van der Waals surface area contributed by atoms with Crippen LogP contribution in [0.3, 0.4) is 0 Å². The van der Waals surface area contributed by atoms with Gasteiger partial charge in [-0.05, 0) is 40.0 Å². The Morgan fingerprint density at radius 3 is 2.94 bits per heavy atom. The molecule has 1 unspecified atom stereocenters. The van der Waals surface area contributed by atoms with Gasteiger partial charge in [0.1, 0.15) is 5.51 Å². The summed E-state index contributed by atoms with van der Waals surface area (Å²) in [6.45, 7) is 8.79. The first-order valence-electron chi connectivity index (χ1n) is 6.34. The van der Waals surface area contributed by atoms with Gasteiger partial charge in [0.15, 0.2) is 0 Å². The molecule has 1 fully saturated rings. The normalized spacial score (nSPS) is 21.8. The van der Waals surface area contributed by atoms with Crippen molar-refractivity contribution in [2.45, 2.75) is 51.6 Å². The molecule has 1 atom stereocenters. The van der Waals surface area contributed by atoms with Gasteiger partial charge in [-0.2, -0.15) is 0 Å². The van der Waals surface area contributed by atoms with E-state index in [4.69, 9.17) is 0 Å². The highest BCUT2D eigenvalue weighted by molar-refractivity contribution is 7.13. The van der Waals surface area contributed by atoms with Crippen LogP contribution in [0.4, 0.5) is 5.13 Å². The van der Waals surface area contributed by atoms with Gasteiger partial charge < -0.3 is 10.2 Å². The molecule has 0 aliphatic carbocycles. The zero-order valence-corrected chi connectivity index (χ0v) is 11.8. The first kappa shape index (κ1) is 12.8. The summed E-state index contributed by atoms with van der Waals surface area (Å²) in [6, 6.07) is 0.566. The van der Waals surface area contributed by atoms with Gasteiger partial charge in [-0.3, -0.25) is 0 Å². The summed E-state index contributed by atoms with van der Waals surface area (Å²) < 4.78 is 0. The SMILES string of the molecule is CC(C)(C)NCC1CCCCN1c1nncs1. The Bertz CT molecular complexity index is 331. The van der Waals surface area contributed by atoms with Crippen molar-refractivity contribution in [2.75, 3.05) is 18.0 Å². The van der Waals surface area contributed by atoms with Gasteiger partial charge in [-0.25, -0.2) is 0 Å². The van der Waals surface area contributed by atoms with Crippen LogP contribution in [0.1, 0.15) is 40.0 Å². The lowest BCUT2D eigenvalue weighted by molar-refractivity contribution is 0.366. The standard InChI is InChI=1S/C12H22N4S/c1-12(2,3)13-8-10-6-4-5-7-16(10)11-15-14-9-17-11/h9-10,13H,4-8H2,1-3H3. The predicted octanol–water partition coefficient (Wildman–Crippen LogP) is 2.29. The predicted molar refractivity (Wildman–Crippen MR) is 72.6 cm³/mol. The Balaban J connectivity index is 1.98. The van der Waals surface area contributed by atoms with Crippen molar-refractivity contribution in [3.05, 3.63) is 5.51 Å². The molecular formula is C12H22N4S. The highest BCUT2D eigenvalue weighted by atomic mass is 32.1. The number of hydrogen-bond acceptors (Lipinski definition) is 5. The molecule has 5 heteroatoms. The summed E-state index contributed by atoms with van der Waals surface area (Å²) >= 11 is 1.64. The van der Waals surface area contributed by atoms with Crippen LogP contribution in [-0.4, -0.2) is 34.9 Å². The lowest BCUT2D eigenvalue weighted by Gasteiger charge is -2.37. The monoisotopic (exact) mass is 254 g/mol. The number of nitrogens with one attached hydrogen (secondary N) is 1. The van der Waals surface area contributed by atoms with Crippen LogP contribution < -0.4 is 10.2 Å². The van der Waals surface area contributed by atoms with E-state index in [-0.39, 0.29) is 5.54 Å². The zero-order valence-electron chi connectivity index (χ0n) is 10.9. The Morgan fingerprint density at radius 2 is 2.29 bits per heavy atom. The van der Waals surface area contributed by atoms with Gasteiger partial charge in [0.25, 0.3) is 0 Å². The number of piperidine rings is 1. The van der Waals surface area contributed by atoms with Crippen molar-refractivity contribution < 1.29 is 0 Å². The Labute approximate surface area is 107 Å². The van der Waals surface area contributed by atoms with Gasteiger partial charge in [0, 0.05) is 24.7 Å². The molecule has 0 spiro atoms. The van der Waals surface area contributed by atoms with Crippen molar-refractivity contribution in [1.29, 1.82) is 0 Å². The molecule has 0 amide bonds. The van der Waals surface area contributed by atoms with E-state index in [1.165, 1.54) is 19.3 Å². The summed E-state index contributed by atoms with van der Waals surface area (Å²) in [7, 11) is 0. The highest BCUT2D eigenvalue weighted by Crippen LogP contribution is 2.25. The highest BCUT2D eigenvalue weighted by Gasteiger charge is 2.25. The average Bonchev–Trinajstić information content (AvgIpc) is 2.79. The number of hydrogen-bond donors (Lipinski definition) is 1. The van der Waals surface area contributed by atoms with Crippen LogP contribution in [-0.2, 0) is 0 Å². The van der Waals surface area contributed by atoms with Crippen molar-refractivity contribution in [3.63, 3.8) is 0 Å². The van der Waals surface area contributed by atoms with Crippen LogP contribution in [0.25, 0.3) is 0 Å². The molecule has 0 aromatic carbocycles. The molecule has 4 nitrogen and oxygen atoms in total. The Kier molecular flexibility index (Phi) is 3.99.